The predicted octanol–water partition coefficient (Wildman–Crippen LogP) is 2.93. The maximum Gasteiger partial charge on any atom is 0.276 e. The molecule has 120 valence electrons. The molecule has 0 aromatic rings. The summed E-state index contributed by atoms with van der Waals surface area (Å²) < 4.78 is 27.0. The minimum atomic E-state index is -3.35. The maximum absolute atomic E-state index is 11.2. The molecule has 1 fully saturated rings. The van der Waals surface area contributed by atoms with Gasteiger partial charge in [0.1, 0.15) is 0 Å². The van der Waals surface area contributed by atoms with Crippen LogP contribution in [-0.4, -0.2) is 22.0 Å². The summed E-state index contributed by atoms with van der Waals surface area (Å²) in [5.74, 6) is 1.43. The van der Waals surface area contributed by atoms with Crippen molar-refractivity contribution in [2.75, 3.05) is 13.6 Å². The molecule has 0 spiro atoms. The van der Waals surface area contributed by atoms with Crippen LogP contribution in [0.15, 0.2) is 36.5 Å². The lowest BCUT2D eigenvalue weighted by Crippen LogP contribution is -2.34. The van der Waals surface area contributed by atoms with Crippen LogP contribution in [0.3, 0.4) is 0 Å². The number of allylic oxidation sites excluding steroid dienone is 3. The maximum atomic E-state index is 11.2. The van der Waals surface area contributed by atoms with E-state index in [2.05, 4.69) is 29.5 Å². The van der Waals surface area contributed by atoms with E-state index in [0.717, 1.165) is 11.5 Å². The molecule has 0 radical (unpaired) electrons. The zero-order valence-corrected chi connectivity index (χ0v) is 14.0. The smallest absolute Gasteiger partial charge is 0.205 e. The standard InChI is InChI=1S/C16H28N2O2S/c1-13-6-9-16(10-7-13)15(3)8-5-14(2)11-12-18-21(19,20)17-4/h5,8,13,16-18H,2-3,6-7,9-12H2,1,4H3/b8-5-. The molecule has 0 amide bonds. The first kappa shape index (κ1) is 18.1. The fraction of sp³-hybridized carbons (Fsp3) is 0.625. The fourth-order valence-corrected chi connectivity index (χ4v) is 3.01. The lowest BCUT2D eigenvalue weighted by atomic mass is 9.79. The first-order valence-electron chi connectivity index (χ1n) is 7.57. The topological polar surface area (TPSA) is 58.2 Å². The molecule has 0 atom stereocenters. The highest BCUT2D eigenvalue weighted by Crippen LogP contribution is 2.32. The summed E-state index contributed by atoms with van der Waals surface area (Å²) in [6.45, 7) is 10.8. The van der Waals surface area contributed by atoms with Crippen LogP contribution in [0, 0.1) is 11.8 Å². The Morgan fingerprint density at radius 3 is 2.38 bits per heavy atom. The quantitative estimate of drug-likeness (QED) is 0.677. The van der Waals surface area contributed by atoms with Gasteiger partial charge in [0, 0.05) is 13.6 Å². The van der Waals surface area contributed by atoms with Crippen molar-refractivity contribution < 1.29 is 8.42 Å². The first-order chi connectivity index (χ1) is 9.84. The summed E-state index contributed by atoms with van der Waals surface area (Å²) in [4.78, 5) is 0. The molecule has 0 aromatic heterocycles. The summed E-state index contributed by atoms with van der Waals surface area (Å²) in [7, 11) is -1.97. The van der Waals surface area contributed by atoms with Crippen molar-refractivity contribution in [2.24, 2.45) is 11.8 Å². The molecular formula is C16H28N2O2S. The number of hydrogen-bond donors (Lipinski definition) is 2. The molecule has 1 aliphatic carbocycles. The van der Waals surface area contributed by atoms with Crippen molar-refractivity contribution in [1.82, 2.24) is 9.44 Å². The molecule has 1 saturated carbocycles. The van der Waals surface area contributed by atoms with Crippen LogP contribution in [0.1, 0.15) is 39.0 Å². The SMILES string of the molecule is C=C(/C=C\C(=C)C1CCC(C)CC1)CCNS(=O)(=O)NC. The van der Waals surface area contributed by atoms with Crippen LogP contribution in [0.4, 0.5) is 0 Å². The Hall–Kier alpha value is -0.910. The van der Waals surface area contributed by atoms with Crippen LogP contribution in [0.5, 0.6) is 0 Å². The molecule has 0 saturated heterocycles. The number of rotatable bonds is 8. The van der Waals surface area contributed by atoms with Gasteiger partial charge in [0.2, 0.25) is 0 Å². The van der Waals surface area contributed by atoms with Crippen LogP contribution in [-0.2, 0) is 10.2 Å². The molecule has 0 aromatic carbocycles. The molecule has 5 heteroatoms. The second kappa shape index (κ2) is 8.51. The number of hydrogen-bond acceptors (Lipinski definition) is 2. The lowest BCUT2D eigenvalue weighted by Gasteiger charge is -2.26. The zero-order valence-electron chi connectivity index (χ0n) is 13.2. The molecule has 2 N–H and O–H groups in total. The van der Waals surface area contributed by atoms with Gasteiger partial charge in [0.05, 0.1) is 0 Å². The Bertz CT molecular complexity index is 486. The normalized spacial score (nSPS) is 23.3. The molecule has 0 aliphatic heterocycles. The average molecular weight is 312 g/mol. The molecule has 0 unspecified atom stereocenters. The fourth-order valence-electron chi connectivity index (χ4n) is 2.49. The van der Waals surface area contributed by atoms with Gasteiger partial charge in [-0.15, -0.1) is 0 Å². The summed E-state index contributed by atoms with van der Waals surface area (Å²) in [6.07, 6.45) is 9.59. The molecule has 1 rings (SSSR count). The first-order valence-corrected chi connectivity index (χ1v) is 9.05. The average Bonchev–Trinajstić information content (AvgIpc) is 2.45. The van der Waals surface area contributed by atoms with Gasteiger partial charge in [-0.2, -0.15) is 8.42 Å². The van der Waals surface area contributed by atoms with Gasteiger partial charge < -0.3 is 0 Å². The second-order valence-corrected chi connectivity index (χ2v) is 7.58. The summed E-state index contributed by atoms with van der Waals surface area (Å²) in [5.41, 5.74) is 2.07. The molecule has 0 heterocycles. The van der Waals surface area contributed by atoms with Crippen LogP contribution < -0.4 is 9.44 Å². The molecule has 0 bridgehead atoms. The number of nitrogens with one attached hydrogen (secondary N) is 2. The van der Waals surface area contributed by atoms with E-state index < -0.39 is 10.2 Å². The highest BCUT2D eigenvalue weighted by atomic mass is 32.2. The molecule has 1 aliphatic rings. The van der Waals surface area contributed by atoms with Gasteiger partial charge in [-0.3, -0.25) is 0 Å². The van der Waals surface area contributed by atoms with E-state index in [1.165, 1.54) is 38.3 Å². The van der Waals surface area contributed by atoms with Gasteiger partial charge in [-0.05, 0) is 31.1 Å². The van der Waals surface area contributed by atoms with Crippen LogP contribution >= 0.6 is 0 Å². The molecular weight excluding hydrogens is 284 g/mol. The van der Waals surface area contributed by atoms with E-state index in [1.54, 1.807) is 0 Å². The second-order valence-electron chi connectivity index (χ2n) is 5.88. The van der Waals surface area contributed by atoms with Gasteiger partial charge in [0.15, 0.2) is 0 Å². The van der Waals surface area contributed by atoms with Crippen molar-refractivity contribution in [3.8, 4) is 0 Å². The van der Waals surface area contributed by atoms with Crippen molar-refractivity contribution in [3.05, 3.63) is 36.5 Å². The van der Waals surface area contributed by atoms with E-state index in [9.17, 15) is 8.42 Å². The summed E-state index contributed by atoms with van der Waals surface area (Å²) in [5, 5.41) is 0. The van der Waals surface area contributed by atoms with Crippen molar-refractivity contribution >= 4 is 10.2 Å². The summed E-state index contributed by atoms with van der Waals surface area (Å²) >= 11 is 0. The van der Waals surface area contributed by atoms with Gasteiger partial charge in [-0.25, -0.2) is 9.44 Å². The Morgan fingerprint density at radius 2 is 1.81 bits per heavy atom. The van der Waals surface area contributed by atoms with Crippen LogP contribution in [0.25, 0.3) is 0 Å². The van der Waals surface area contributed by atoms with Crippen molar-refractivity contribution in [3.63, 3.8) is 0 Å². The minimum absolute atomic E-state index is 0.347. The van der Waals surface area contributed by atoms with E-state index in [-0.39, 0.29) is 0 Å². The largest absolute Gasteiger partial charge is 0.276 e. The zero-order chi connectivity index (χ0) is 15.9. The van der Waals surface area contributed by atoms with E-state index in [4.69, 9.17) is 0 Å². The Balaban J connectivity index is 2.32. The van der Waals surface area contributed by atoms with Gasteiger partial charge >= 0.3 is 0 Å². The van der Waals surface area contributed by atoms with Gasteiger partial charge in [-0.1, -0.05) is 56.2 Å². The minimum Gasteiger partial charge on any atom is -0.205 e. The Labute approximate surface area is 129 Å². The monoisotopic (exact) mass is 312 g/mol. The lowest BCUT2D eigenvalue weighted by molar-refractivity contribution is 0.324. The predicted molar refractivity (Wildman–Crippen MR) is 89.1 cm³/mol. The van der Waals surface area contributed by atoms with Crippen molar-refractivity contribution in [2.45, 2.75) is 39.0 Å². The van der Waals surface area contributed by atoms with E-state index >= 15 is 0 Å². The van der Waals surface area contributed by atoms with E-state index in [0.29, 0.717) is 18.9 Å². The molecule has 21 heavy (non-hydrogen) atoms. The van der Waals surface area contributed by atoms with Crippen molar-refractivity contribution in [1.29, 1.82) is 0 Å². The highest BCUT2D eigenvalue weighted by Gasteiger charge is 2.19. The van der Waals surface area contributed by atoms with Crippen LogP contribution in [0.2, 0.25) is 0 Å². The third-order valence-corrected chi connectivity index (χ3v) is 5.20. The Kier molecular flexibility index (Phi) is 7.35. The highest BCUT2D eigenvalue weighted by molar-refractivity contribution is 7.87. The van der Waals surface area contributed by atoms with E-state index in [1.807, 2.05) is 12.2 Å². The van der Waals surface area contributed by atoms with Gasteiger partial charge in [0.25, 0.3) is 10.2 Å². The third kappa shape index (κ3) is 7.07. The molecule has 4 nitrogen and oxygen atoms in total. The summed E-state index contributed by atoms with van der Waals surface area (Å²) in [6, 6.07) is 0. The Morgan fingerprint density at radius 1 is 1.19 bits per heavy atom. The third-order valence-electron chi connectivity index (χ3n) is 4.08.